The lowest BCUT2D eigenvalue weighted by Gasteiger charge is -2.36. The fourth-order valence-corrected chi connectivity index (χ4v) is 3.78. The van der Waals surface area contributed by atoms with E-state index in [4.69, 9.17) is 0 Å². The molecule has 24 heavy (non-hydrogen) atoms. The highest BCUT2D eigenvalue weighted by Crippen LogP contribution is 2.33. The number of rotatable bonds is 4. The van der Waals surface area contributed by atoms with Crippen molar-refractivity contribution in [3.63, 3.8) is 0 Å². The average Bonchev–Trinajstić information content (AvgIpc) is 2.61. The number of anilines is 2. The smallest absolute Gasteiger partial charge is 0.322 e. The molecular weight excluding hydrogens is 302 g/mol. The highest BCUT2D eigenvalue weighted by atomic mass is 16.2. The molecule has 3 amide bonds. The zero-order valence-electron chi connectivity index (χ0n) is 14.4. The Hall–Kier alpha value is -2.04. The minimum Gasteiger partial charge on any atom is -0.337 e. The van der Waals surface area contributed by atoms with Crippen LogP contribution < -0.4 is 15.5 Å². The molecule has 0 aromatic heterocycles. The fourth-order valence-electron chi connectivity index (χ4n) is 3.78. The van der Waals surface area contributed by atoms with Crippen molar-refractivity contribution < 1.29 is 9.59 Å². The molecule has 3 rings (SSSR count). The lowest BCUT2D eigenvalue weighted by molar-refractivity contribution is -0.117. The number of carbonyl (C=O) groups excluding carboxylic acids is 2. The summed E-state index contributed by atoms with van der Waals surface area (Å²) in [7, 11) is 0. The largest absolute Gasteiger partial charge is 0.337 e. The number of carbonyl (C=O) groups is 2. The molecule has 1 heterocycles. The maximum Gasteiger partial charge on any atom is 0.322 e. The molecule has 0 radical (unpaired) electrons. The van der Waals surface area contributed by atoms with Crippen LogP contribution in [0, 0.1) is 5.92 Å². The van der Waals surface area contributed by atoms with E-state index in [-0.39, 0.29) is 11.9 Å². The lowest BCUT2D eigenvalue weighted by Crippen LogP contribution is -2.54. The third-order valence-electron chi connectivity index (χ3n) is 5.08. The zero-order valence-corrected chi connectivity index (χ0v) is 14.4. The van der Waals surface area contributed by atoms with Crippen LogP contribution in [-0.2, 0) is 4.79 Å². The predicted molar refractivity (Wildman–Crippen MR) is 96.2 cm³/mol. The fraction of sp³-hybridized carbons (Fsp3) is 0.579. The molecule has 0 saturated heterocycles. The summed E-state index contributed by atoms with van der Waals surface area (Å²) in [4.78, 5) is 27.0. The van der Waals surface area contributed by atoms with E-state index < -0.39 is 6.04 Å². The van der Waals surface area contributed by atoms with Gasteiger partial charge in [-0.2, -0.15) is 0 Å². The van der Waals surface area contributed by atoms with Crippen LogP contribution in [0.5, 0.6) is 0 Å². The minimum absolute atomic E-state index is 0.0941. The summed E-state index contributed by atoms with van der Waals surface area (Å²) in [6.07, 6.45) is 7.72. The van der Waals surface area contributed by atoms with Gasteiger partial charge in [-0.05, 0) is 37.3 Å². The van der Waals surface area contributed by atoms with Crippen molar-refractivity contribution in [3.8, 4) is 0 Å². The Kier molecular flexibility index (Phi) is 5.38. The molecule has 1 unspecified atom stereocenters. The van der Waals surface area contributed by atoms with Gasteiger partial charge < -0.3 is 10.6 Å². The monoisotopic (exact) mass is 329 g/mol. The first kappa shape index (κ1) is 16.8. The van der Waals surface area contributed by atoms with E-state index in [1.165, 1.54) is 32.1 Å². The number of benzene rings is 1. The van der Waals surface area contributed by atoms with Crippen molar-refractivity contribution in [1.29, 1.82) is 0 Å². The Bertz CT molecular complexity index is 596. The summed E-state index contributed by atoms with van der Waals surface area (Å²) in [6.45, 7) is 2.74. The van der Waals surface area contributed by atoms with Crippen LogP contribution >= 0.6 is 0 Å². The third-order valence-corrected chi connectivity index (χ3v) is 5.08. The molecule has 1 saturated carbocycles. The molecule has 130 valence electrons. The van der Waals surface area contributed by atoms with Gasteiger partial charge >= 0.3 is 6.03 Å². The van der Waals surface area contributed by atoms with E-state index in [2.05, 4.69) is 10.6 Å². The zero-order chi connectivity index (χ0) is 16.9. The van der Waals surface area contributed by atoms with Crippen molar-refractivity contribution in [1.82, 2.24) is 5.32 Å². The van der Waals surface area contributed by atoms with E-state index >= 15 is 0 Å². The molecule has 5 nitrogen and oxygen atoms in total. The Balaban J connectivity index is 1.76. The summed E-state index contributed by atoms with van der Waals surface area (Å²) >= 11 is 0. The Labute approximate surface area is 143 Å². The molecular formula is C19H27N3O2. The number of urea groups is 1. The highest BCUT2D eigenvalue weighted by Gasteiger charge is 2.36. The van der Waals surface area contributed by atoms with Gasteiger partial charge in [-0.1, -0.05) is 44.7 Å². The van der Waals surface area contributed by atoms with E-state index in [0.717, 1.165) is 12.1 Å². The molecule has 0 spiro atoms. The maximum atomic E-state index is 12.9. The van der Waals surface area contributed by atoms with E-state index in [1.807, 2.05) is 31.2 Å². The Morgan fingerprint density at radius 2 is 2.00 bits per heavy atom. The molecule has 1 aliphatic carbocycles. The van der Waals surface area contributed by atoms with Gasteiger partial charge in [0.2, 0.25) is 5.91 Å². The maximum absolute atomic E-state index is 12.9. The Morgan fingerprint density at radius 3 is 2.75 bits per heavy atom. The molecule has 1 atom stereocenters. The number of hydrogen-bond donors (Lipinski definition) is 2. The first-order valence-corrected chi connectivity index (χ1v) is 9.17. The summed E-state index contributed by atoms with van der Waals surface area (Å²) in [5.41, 5.74) is 1.50. The number of amides is 3. The molecule has 1 aromatic rings. The van der Waals surface area contributed by atoms with Gasteiger partial charge in [0.25, 0.3) is 0 Å². The highest BCUT2D eigenvalue weighted by molar-refractivity contribution is 6.11. The lowest BCUT2D eigenvalue weighted by atomic mass is 9.89. The third kappa shape index (κ3) is 3.55. The van der Waals surface area contributed by atoms with Crippen LogP contribution in [-0.4, -0.2) is 24.5 Å². The van der Waals surface area contributed by atoms with Gasteiger partial charge in [-0.15, -0.1) is 0 Å². The van der Waals surface area contributed by atoms with Gasteiger partial charge in [0, 0.05) is 6.54 Å². The van der Waals surface area contributed by atoms with Crippen LogP contribution in [0.4, 0.5) is 16.2 Å². The van der Waals surface area contributed by atoms with Crippen molar-refractivity contribution in [2.75, 3.05) is 16.8 Å². The van der Waals surface area contributed by atoms with Crippen LogP contribution in [0.15, 0.2) is 24.3 Å². The van der Waals surface area contributed by atoms with Crippen molar-refractivity contribution in [2.45, 2.75) is 57.9 Å². The van der Waals surface area contributed by atoms with E-state index in [1.54, 1.807) is 4.90 Å². The number of nitrogens with zero attached hydrogens (tertiary/aromatic N) is 1. The number of hydrogen-bond acceptors (Lipinski definition) is 2. The molecule has 1 fully saturated rings. The van der Waals surface area contributed by atoms with Crippen molar-refractivity contribution in [3.05, 3.63) is 24.3 Å². The second kappa shape index (κ2) is 7.69. The van der Waals surface area contributed by atoms with Gasteiger partial charge in [0.1, 0.15) is 6.04 Å². The van der Waals surface area contributed by atoms with E-state index in [0.29, 0.717) is 24.6 Å². The normalized spacial score (nSPS) is 21.1. The molecule has 1 aliphatic heterocycles. The molecule has 2 aliphatic rings. The Morgan fingerprint density at radius 1 is 1.25 bits per heavy atom. The van der Waals surface area contributed by atoms with Crippen molar-refractivity contribution >= 4 is 23.3 Å². The van der Waals surface area contributed by atoms with E-state index in [9.17, 15) is 9.59 Å². The molecule has 1 aromatic carbocycles. The topological polar surface area (TPSA) is 61.4 Å². The average molecular weight is 329 g/mol. The first-order chi connectivity index (χ1) is 11.7. The summed E-state index contributed by atoms with van der Waals surface area (Å²) in [5, 5.41) is 6.00. The van der Waals surface area contributed by atoms with Crippen molar-refractivity contribution in [2.24, 2.45) is 5.92 Å². The van der Waals surface area contributed by atoms with Crippen LogP contribution in [0.2, 0.25) is 0 Å². The molecule has 2 N–H and O–H groups in total. The minimum atomic E-state index is -0.434. The first-order valence-electron chi connectivity index (χ1n) is 9.17. The second-order valence-corrected chi connectivity index (χ2v) is 6.87. The predicted octanol–water partition coefficient (Wildman–Crippen LogP) is 3.90. The molecule has 5 heteroatoms. The van der Waals surface area contributed by atoms with Gasteiger partial charge in [-0.25, -0.2) is 4.79 Å². The van der Waals surface area contributed by atoms with Gasteiger partial charge in [-0.3, -0.25) is 9.69 Å². The quantitative estimate of drug-likeness (QED) is 0.880. The second-order valence-electron chi connectivity index (χ2n) is 6.87. The number of fused-ring (bicyclic) bond motifs is 1. The number of para-hydroxylation sites is 2. The van der Waals surface area contributed by atoms with Crippen LogP contribution in [0.3, 0.4) is 0 Å². The SMILES string of the molecule is CCCC1C(=O)Nc2ccccc2N1C(=O)NCC1CCCCC1. The summed E-state index contributed by atoms with van der Waals surface area (Å²) in [6, 6.07) is 6.93. The van der Waals surface area contributed by atoms with Gasteiger partial charge in [0.05, 0.1) is 11.4 Å². The van der Waals surface area contributed by atoms with Crippen LogP contribution in [0.1, 0.15) is 51.9 Å². The summed E-state index contributed by atoms with van der Waals surface area (Å²) in [5.74, 6) is 0.476. The molecule has 0 bridgehead atoms. The standard InChI is InChI=1S/C19H27N3O2/c1-2-8-17-18(23)21-15-11-6-7-12-16(15)22(17)19(24)20-13-14-9-4-3-5-10-14/h6-7,11-12,14,17H,2-5,8-10,13H2,1H3,(H,20,24)(H,21,23). The summed E-state index contributed by atoms with van der Waals surface area (Å²) < 4.78 is 0. The number of nitrogens with one attached hydrogen (secondary N) is 2. The van der Waals surface area contributed by atoms with Gasteiger partial charge in [0.15, 0.2) is 0 Å². The van der Waals surface area contributed by atoms with Crippen LogP contribution in [0.25, 0.3) is 0 Å².